The average Bonchev–Trinajstić information content (AvgIpc) is 2.40. The maximum absolute atomic E-state index is 5.89. The summed E-state index contributed by atoms with van der Waals surface area (Å²) in [5.41, 5.74) is 1.48. The third-order valence-corrected chi connectivity index (χ3v) is 3.85. The minimum atomic E-state index is 0.193. The van der Waals surface area contributed by atoms with Gasteiger partial charge in [-0.05, 0) is 17.4 Å². The first-order valence-electron chi connectivity index (χ1n) is 7.33. The van der Waals surface area contributed by atoms with Crippen molar-refractivity contribution in [2.24, 2.45) is 0 Å². The van der Waals surface area contributed by atoms with E-state index in [4.69, 9.17) is 9.47 Å². The lowest BCUT2D eigenvalue weighted by Crippen LogP contribution is -2.26. The van der Waals surface area contributed by atoms with E-state index in [1.165, 1.54) is 18.4 Å². The first-order chi connectivity index (χ1) is 9.12. The van der Waals surface area contributed by atoms with Gasteiger partial charge in [0.1, 0.15) is 6.10 Å². The highest BCUT2D eigenvalue weighted by molar-refractivity contribution is 5.24. The van der Waals surface area contributed by atoms with E-state index in [2.05, 4.69) is 31.8 Å². The predicted molar refractivity (Wildman–Crippen MR) is 76.6 cm³/mol. The standard InChI is InChI=1S/C16H25NO2/c1-4-9-16(2,3)13-5-6-15(17-12-13)19-14-7-10-18-11-8-14/h5-6,12,14H,4,7-11H2,1-3H3. The lowest BCUT2D eigenvalue weighted by Gasteiger charge is -2.25. The summed E-state index contributed by atoms with van der Waals surface area (Å²) >= 11 is 0. The average molecular weight is 263 g/mol. The van der Waals surface area contributed by atoms with Crippen molar-refractivity contribution in [2.45, 2.75) is 58.0 Å². The van der Waals surface area contributed by atoms with Gasteiger partial charge in [-0.1, -0.05) is 33.3 Å². The molecule has 0 bridgehead atoms. The molecule has 1 aromatic heterocycles. The van der Waals surface area contributed by atoms with Gasteiger partial charge >= 0.3 is 0 Å². The van der Waals surface area contributed by atoms with Gasteiger partial charge in [0.25, 0.3) is 0 Å². The van der Waals surface area contributed by atoms with Gasteiger partial charge in [0.15, 0.2) is 0 Å². The molecule has 2 rings (SSSR count). The Kier molecular flexibility index (Phi) is 4.81. The van der Waals surface area contributed by atoms with Crippen LogP contribution in [0.2, 0.25) is 0 Å². The second kappa shape index (κ2) is 6.38. The van der Waals surface area contributed by atoms with Crippen molar-refractivity contribution in [1.29, 1.82) is 0 Å². The van der Waals surface area contributed by atoms with E-state index in [1.54, 1.807) is 0 Å². The van der Waals surface area contributed by atoms with Crippen LogP contribution in [0.1, 0.15) is 52.0 Å². The monoisotopic (exact) mass is 263 g/mol. The molecule has 0 atom stereocenters. The Morgan fingerprint density at radius 2 is 2.05 bits per heavy atom. The Hall–Kier alpha value is -1.09. The SMILES string of the molecule is CCCC(C)(C)c1ccc(OC2CCOCC2)nc1. The molecule has 19 heavy (non-hydrogen) atoms. The molecule has 0 saturated carbocycles. The molecular weight excluding hydrogens is 238 g/mol. The number of nitrogens with zero attached hydrogens (tertiary/aromatic N) is 1. The molecule has 1 aliphatic rings. The van der Waals surface area contributed by atoms with E-state index in [-0.39, 0.29) is 11.5 Å². The fraction of sp³-hybridized carbons (Fsp3) is 0.688. The van der Waals surface area contributed by atoms with Crippen LogP contribution in [0.15, 0.2) is 18.3 Å². The van der Waals surface area contributed by atoms with Crippen molar-refractivity contribution >= 4 is 0 Å². The molecule has 0 unspecified atom stereocenters. The van der Waals surface area contributed by atoms with Crippen molar-refractivity contribution < 1.29 is 9.47 Å². The summed E-state index contributed by atoms with van der Waals surface area (Å²) in [6.45, 7) is 8.36. The van der Waals surface area contributed by atoms with Crippen molar-refractivity contribution in [3.63, 3.8) is 0 Å². The third-order valence-electron chi connectivity index (χ3n) is 3.85. The van der Waals surface area contributed by atoms with E-state index >= 15 is 0 Å². The zero-order valence-electron chi connectivity index (χ0n) is 12.3. The Morgan fingerprint density at radius 3 is 2.63 bits per heavy atom. The van der Waals surface area contributed by atoms with Gasteiger partial charge in [0, 0.05) is 25.1 Å². The Balaban J connectivity index is 1.97. The summed E-state index contributed by atoms with van der Waals surface area (Å²) in [5.74, 6) is 0.739. The number of ether oxygens (including phenoxy) is 2. The van der Waals surface area contributed by atoms with Gasteiger partial charge in [0.2, 0.25) is 5.88 Å². The van der Waals surface area contributed by atoms with Gasteiger partial charge in [-0.2, -0.15) is 0 Å². The maximum atomic E-state index is 5.89. The molecule has 0 amide bonds. The third kappa shape index (κ3) is 3.93. The predicted octanol–water partition coefficient (Wildman–Crippen LogP) is 3.72. The minimum absolute atomic E-state index is 0.193. The van der Waals surface area contributed by atoms with Crippen LogP contribution < -0.4 is 4.74 Å². The number of hydrogen-bond donors (Lipinski definition) is 0. The maximum Gasteiger partial charge on any atom is 0.213 e. The van der Waals surface area contributed by atoms with E-state index in [1.807, 2.05) is 12.3 Å². The Morgan fingerprint density at radius 1 is 1.32 bits per heavy atom. The summed E-state index contributed by atoms with van der Waals surface area (Å²) < 4.78 is 11.2. The second-order valence-corrected chi connectivity index (χ2v) is 5.95. The van der Waals surface area contributed by atoms with Crippen LogP contribution >= 0.6 is 0 Å². The number of rotatable bonds is 5. The topological polar surface area (TPSA) is 31.4 Å². The first kappa shape index (κ1) is 14.3. The molecule has 1 aromatic rings. The Bertz CT molecular complexity index is 380. The second-order valence-electron chi connectivity index (χ2n) is 5.95. The van der Waals surface area contributed by atoms with Crippen LogP contribution in [0.3, 0.4) is 0 Å². The van der Waals surface area contributed by atoms with Gasteiger partial charge in [0.05, 0.1) is 13.2 Å². The smallest absolute Gasteiger partial charge is 0.213 e. The van der Waals surface area contributed by atoms with Crippen LogP contribution in [-0.4, -0.2) is 24.3 Å². The molecule has 1 fully saturated rings. The summed E-state index contributed by atoms with van der Waals surface area (Å²) in [4.78, 5) is 4.46. The lowest BCUT2D eigenvalue weighted by atomic mass is 9.82. The number of aromatic nitrogens is 1. The van der Waals surface area contributed by atoms with Gasteiger partial charge in [-0.25, -0.2) is 4.98 Å². The summed E-state index contributed by atoms with van der Waals surface area (Å²) in [6, 6.07) is 4.15. The zero-order chi connectivity index (χ0) is 13.7. The van der Waals surface area contributed by atoms with E-state index in [0.717, 1.165) is 31.9 Å². The quantitative estimate of drug-likeness (QED) is 0.811. The Labute approximate surface area is 116 Å². The van der Waals surface area contributed by atoms with Crippen molar-refractivity contribution in [3.05, 3.63) is 23.9 Å². The molecular formula is C16H25NO2. The van der Waals surface area contributed by atoms with Crippen molar-refractivity contribution in [1.82, 2.24) is 4.98 Å². The van der Waals surface area contributed by atoms with E-state index in [9.17, 15) is 0 Å². The molecule has 106 valence electrons. The molecule has 3 nitrogen and oxygen atoms in total. The van der Waals surface area contributed by atoms with Crippen LogP contribution in [-0.2, 0) is 10.2 Å². The van der Waals surface area contributed by atoms with Gasteiger partial charge in [-0.3, -0.25) is 0 Å². The largest absolute Gasteiger partial charge is 0.474 e. The van der Waals surface area contributed by atoms with Gasteiger partial charge < -0.3 is 9.47 Å². The number of hydrogen-bond acceptors (Lipinski definition) is 3. The molecule has 0 aromatic carbocycles. The summed E-state index contributed by atoms with van der Waals surface area (Å²) in [7, 11) is 0. The van der Waals surface area contributed by atoms with Crippen molar-refractivity contribution in [3.8, 4) is 5.88 Å². The lowest BCUT2D eigenvalue weighted by molar-refractivity contribution is 0.0237. The van der Waals surface area contributed by atoms with Crippen LogP contribution in [0.5, 0.6) is 5.88 Å². The van der Waals surface area contributed by atoms with E-state index < -0.39 is 0 Å². The summed E-state index contributed by atoms with van der Waals surface area (Å²) in [5, 5.41) is 0. The molecule has 0 N–H and O–H groups in total. The van der Waals surface area contributed by atoms with Crippen molar-refractivity contribution in [2.75, 3.05) is 13.2 Å². The molecule has 0 spiro atoms. The fourth-order valence-electron chi connectivity index (χ4n) is 2.58. The molecule has 1 aliphatic heterocycles. The first-order valence-corrected chi connectivity index (χ1v) is 7.33. The van der Waals surface area contributed by atoms with Crippen LogP contribution in [0, 0.1) is 0 Å². The van der Waals surface area contributed by atoms with Crippen LogP contribution in [0.4, 0.5) is 0 Å². The highest BCUT2D eigenvalue weighted by Crippen LogP contribution is 2.28. The van der Waals surface area contributed by atoms with Gasteiger partial charge in [-0.15, -0.1) is 0 Å². The molecule has 3 heteroatoms. The highest BCUT2D eigenvalue weighted by Gasteiger charge is 2.20. The highest BCUT2D eigenvalue weighted by atomic mass is 16.5. The molecule has 0 aliphatic carbocycles. The summed E-state index contributed by atoms with van der Waals surface area (Å²) in [6.07, 6.45) is 6.51. The zero-order valence-corrected chi connectivity index (χ0v) is 12.3. The molecule has 2 heterocycles. The normalized spacial score (nSPS) is 17.4. The minimum Gasteiger partial charge on any atom is -0.474 e. The number of pyridine rings is 1. The van der Waals surface area contributed by atoms with E-state index in [0.29, 0.717) is 0 Å². The molecule has 1 saturated heterocycles. The molecule has 0 radical (unpaired) electrons. The fourth-order valence-corrected chi connectivity index (χ4v) is 2.58. The van der Waals surface area contributed by atoms with Crippen LogP contribution in [0.25, 0.3) is 0 Å².